The fraction of sp³-hybridized carbons (Fsp3) is 0.520. The van der Waals surface area contributed by atoms with Gasteiger partial charge in [-0.3, -0.25) is 5.41 Å². The lowest BCUT2D eigenvalue weighted by atomic mass is 9.90. The Kier molecular flexibility index (Phi) is 12.4. The van der Waals surface area contributed by atoms with E-state index in [0.717, 1.165) is 11.6 Å². The molecule has 1 aromatic carbocycles. The molecule has 204 valence electrons. The van der Waals surface area contributed by atoms with Crippen molar-refractivity contribution in [1.82, 2.24) is 10.4 Å². The van der Waals surface area contributed by atoms with E-state index in [0.29, 0.717) is 6.42 Å². The zero-order chi connectivity index (χ0) is 27.1. The highest BCUT2D eigenvalue weighted by Crippen LogP contribution is 2.28. The van der Waals surface area contributed by atoms with E-state index in [1.807, 2.05) is 30.3 Å². The van der Waals surface area contributed by atoms with Crippen LogP contribution in [-0.4, -0.2) is 79.0 Å². The number of benzene rings is 1. The number of hydroxylamine groups is 1. The van der Waals surface area contributed by atoms with E-state index in [9.17, 15) is 14.4 Å². The van der Waals surface area contributed by atoms with Crippen LogP contribution in [0.1, 0.15) is 38.7 Å². The van der Waals surface area contributed by atoms with E-state index in [-0.39, 0.29) is 64.8 Å². The molecule has 12 nitrogen and oxygen atoms in total. The average Bonchev–Trinajstić information content (AvgIpc) is 2.90. The molecule has 0 aromatic heterocycles. The summed E-state index contributed by atoms with van der Waals surface area (Å²) in [7, 11) is 0. The summed E-state index contributed by atoms with van der Waals surface area (Å²) in [5, 5.41) is 17.7. The van der Waals surface area contributed by atoms with Crippen LogP contribution >= 0.6 is 0 Å². The molecule has 0 bridgehead atoms. The number of amides is 1. The molecule has 0 radical (unpaired) electrons. The molecule has 1 amide bonds. The molecule has 0 spiro atoms. The number of nitrogens with one attached hydrogen (secondary N) is 2. The maximum absolute atomic E-state index is 12.6. The molecule has 0 saturated carbocycles. The van der Waals surface area contributed by atoms with Crippen LogP contribution < -0.4 is 5.48 Å². The second kappa shape index (κ2) is 15.5. The Morgan fingerprint density at radius 1 is 1.08 bits per heavy atom. The topological polar surface area (TPSA) is 157 Å². The maximum Gasteiger partial charge on any atom is 0.410 e. The number of amidine groups is 1. The summed E-state index contributed by atoms with van der Waals surface area (Å²) in [4.78, 5) is 43.4. The van der Waals surface area contributed by atoms with Gasteiger partial charge < -0.3 is 33.8 Å². The third-order valence-corrected chi connectivity index (χ3v) is 5.45. The minimum atomic E-state index is -1.19. The molecule has 12 heteroatoms. The van der Waals surface area contributed by atoms with E-state index < -0.39 is 29.4 Å². The van der Waals surface area contributed by atoms with Gasteiger partial charge in [0.1, 0.15) is 12.2 Å². The van der Waals surface area contributed by atoms with Gasteiger partial charge in [-0.05, 0) is 25.8 Å². The first-order chi connectivity index (χ1) is 17.8. The quantitative estimate of drug-likeness (QED) is 0.0513. The monoisotopic (exact) mass is 521 g/mol. The van der Waals surface area contributed by atoms with Crippen LogP contribution in [0.2, 0.25) is 0 Å². The van der Waals surface area contributed by atoms with Crippen LogP contribution in [0.15, 0.2) is 42.2 Å². The summed E-state index contributed by atoms with van der Waals surface area (Å²) in [6.07, 6.45) is 1.14. The molecule has 0 atom stereocenters. The van der Waals surface area contributed by atoms with Crippen molar-refractivity contribution in [2.75, 3.05) is 39.5 Å². The Bertz CT molecular complexity index is 929. The Morgan fingerprint density at radius 3 is 2.38 bits per heavy atom. The van der Waals surface area contributed by atoms with Gasteiger partial charge in [0, 0.05) is 32.5 Å². The first kappa shape index (κ1) is 29.6. The minimum absolute atomic E-state index is 0.0459. The van der Waals surface area contributed by atoms with E-state index >= 15 is 0 Å². The van der Waals surface area contributed by atoms with Gasteiger partial charge in [-0.1, -0.05) is 30.3 Å². The molecular weight excluding hydrogens is 486 g/mol. The van der Waals surface area contributed by atoms with Gasteiger partial charge in [0.2, 0.25) is 5.76 Å². The van der Waals surface area contributed by atoms with Gasteiger partial charge in [-0.15, -0.1) is 0 Å². The van der Waals surface area contributed by atoms with Gasteiger partial charge in [-0.25, -0.2) is 19.9 Å². The highest BCUT2D eigenvalue weighted by Gasteiger charge is 2.42. The molecule has 1 fully saturated rings. The van der Waals surface area contributed by atoms with E-state index in [1.54, 1.807) is 13.8 Å². The molecule has 37 heavy (non-hydrogen) atoms. The second-order valence-corrected chi connectivity index (χ2v) is 8.01. The predicted octanol–water partition coefficient (Wildman–Crippen LogP) is 2.07. The first-order valence-electron chi connectivity index (χ1n) is 12.1. The number of aliphatic hydroxyl groups excluding tert-OH is 1. The number of esters is 2. The maximum atomic E-state index is 12.6. The lowest BCUT2D eigenvalue weighted by Crippen LogP contribution is -2.56. The molecule has 3 N–H and O–H groups in total. The zero-order valence-electron chi connectivity index (χ0n) is 21.2. The minimum Gasteiger partial charge on any atom is -0.463 e. The van der Waals surface area contributed by atoms with Gasteiger partial charge >= 0.3 is 18.0 Å². The molecule has 0 unspecified atom stereocenters. The lowest BCUT2D eigenvalue weighted by molar-refractivity contribution is -0.145. The lowest BCUT2D eigenvalue weighted by Gasteiger charge is -2.41. The number of aliphatic hydroxyl groups is 1. The van der Waals surface area contributed by atoms with Gasteiger partial charge in [0.05, 0.1) is 25.9 Å². The van der Waals surface area contributed by atoms with Gasteiger partial charge in [0.15, 0.2) is 5.84 Å². The van der Waals surface area contributed by atoms with Gasteiger partial charge in [0.25, 0.3) is 0 Å². The fourth-order valence-electron chi connectivity index (χ4n) is 3.48. The smallest absolute Gasteiger partial charge is 0.410 e. The molecule has 2 rings (SSSR count). The Hall–Kier alpha value is -3.64. The number of carbonyl (C=O) groups is 3. The van der Waals surface area contributed by atoms with E-state index in [2.05, 4.69) is 5.48 Å². The van der Waals surface area contributed by atoms with Crippen molar-refractivity contribution >= 4 is 23.9 Å². The van der Waals surface area contributed by atoms with Crippen LogP contribution in [0.3, 0.4) is 0 Å². The summed E-state index contributed by atoms with van der Waals surface area (Å²) in [6.45, 7) is 4.03. The van der Waals surface area contributed by atoms with Crippen molar-refractivity contribution in [3.63, 3.8) is 0 Å². The summed E-state index contributed by atoms with van der Waals surface area (Å²) < 4.78 is 21.1. The fourth-order valence-corrected chi connectivity index (χ4v) is 3.48. The van der Waals surface area contributed by atoms with Crippen LogP contribution in [-0.2, 0) is 40.0 Å². The number of piperidine rings is 1. The normalized spacial score (nSPS) is 14.9. The molecule has 0 aliphatic carbocycles. The number of nitrogens with zero attached hydrogens (tertiary/aromatic N) is 1. The molecule has 1 aliphatic heterocycles. The van der Waals surface area contributed by atoms with Crippen LogP contribution in [0, 0.1) is 5.41 Å². The van der Waals surface area contributed by atoms with Crippen molar-refractivity contribution in [2.24, 2.45) is 0 Å². The Balaban J connectivity index is 2.04. The largest absolute Gasteiger partial charge is 0.463 e. The van der Waals surface area contributed by atoms with Crippen molar-refractivity contribution in [3.05, 3.63) is 47.7 Å². The second-order valence-electron chi connectivity index (χ2n) is 8.01. The van der Waals surface area contributed by atoms with Crippen molar-refractivity contribution in [2.45, 2.75) is 45.3 Å². The first-order valence-corrected chi connectivity index (χ1v) is 12.1. The van der Waals surface area contributed by atoms with E-state index in [1.165, 1.54) is 4.90 Å². The molecule has 1 aliphatic rings. The molecular formula is C25H35N3O9. The molecule has 1 aromatic rings. The van der Waals surface area contributed by atoms with Crippen LogP contribution in [0.5, 0.6) is 0 Å². The summed E-state index contributed by atoms with van der Waals surface area (Å²) in [5.41, 5.74) is 2.06. The highest BCUT2D eigenvalue weighted by atomic mass is 16.7. The Morgan fingerprint density at radius 2 is 1.76 bits per heavy atom. The third-order valence-electron chi connectivity index (χ3n) is 5.45. The van der Waals surface area contributed by atoms with Gasteiger partial charge in [-0.2, -0.15) is 0 Å². The summed E-state index contributed by atoms with van der Waals surface area (Å²) in [6, 6.07) is 9.31. The number of likely N-dealkylation sites (tertiary alicyclic amines) is 1. The molecule has 1 saturated heterocycles. The standard InChI is InChI=1S/C25H35N3O9/c1-3-33-21(30)17-20(22(31)34-4-2)37-27-23(26)25(36-16-8-15-29)11-13-28(14-12-25)24(32)35-18-19-9-6-5-7-10-19/h5-7,9-10,17,29H,3-4,8,11-16,18H2,1-2H3,(H2,26,27)/b20-17+. The van der Waals surface area contributed by atoms with Crippen LogP contribution in [0.25, 0.3) is 0 Å². The number of hydrogen-bond donors (Lipinski definition) is 3. The van der Waals surface area contributed by atoms with E-state index in [4.69, 9.17) is 34.3 Å². The molecule has 1 heterocycles. The van der Waals surface area contributed by atoms with Crippen LogP contribution in [0.4, 0.5) is 4.79 Å². The number of hydrogen-bond acceptors (Lipinski definition) is 10. The van der Waals surface area contributed by atoms with Crippen molar-refractivity contribution < 1.29 is 43.3 Å². The SMILES string of the molecule is CCOC(=O)/C=C(/ONC(=N)C1(OCCCO)CCN(C(=O)OCc2ccccc2)CC1)C(=O)OCC. The highest BCUT2D eigenvalue weighted by molar-refractivity contribution is 5.95. The number of carbonyl (C=O) groups excluding carboxylic acids is 3. The number of rotatable bonds is 13. The summed E-state index contributed by atoms with van der Waals surface area (Å²) in [5.74, 6) is -2.43. The van der Waals surface area contributed by atoms with Crippen molar-refractivity contribution in [1.29, 1.82) is 5.41 Å². The number of ether oxygens (including phenoxy) is 4. The zero-order valence-corrected chi connectivity index (χ0v) is 21.2. The average molecular weight is 522 g/mol. The third kappa shape index (κ3) is 9.39. The Labute approximate surface area is 215 Å². The summed E-state index contributed by atoms with van der Waals surface area (Å²) >= 11 is 0. The predicted molar refractivity (Wildman–Crippen MR) is 131 cm³/mol. The van der Waals surface area contributed by atoms with Crippen molar-refractivity contribution in [3.8, 4) is 0 Å².